The highest BCUT2D eigenvalue weighted by Crippen LogP contribution is 2.20. The van der Waals surface area contributed by atoms with Crippen LogP contribution in [0, 0.1) is 0 Å². The molecule has 1 aromatic carbocycles. The summed E-state index contributed by atoms with van der Waals surface area (Å²) in [5.41, 5.74) is 1.09. The zero-order valence-electron chi connectivity index (χ0n) is 13.1. The highest BCUT2D eigenvalue weighted by atomic mass is 32.1. The van der Waals surface area contributed by atoms with E-state index in [0.717, 1.165) is 5.56 Å². The smallest absolute Gasteiger partial charge is 0.266 e. The Balaban J connectivity index is 2.14. The number of hydrogen-bond donors (Lipinski definition) is 1. The predicted molar refractivity (Wildman–Crippen MR) is 90.9 cm³/mol. The van der Waals surface area contributed by atoms with Crippen molar-refractivity contribution in [3.05, 3.63) is 48.6 Å². The molecule has 0 aliphatic carbocycles. The molecule has 23 heavy (non-hydrogen) atoms. The van der Waals surface area contributed by atoms with Crippen LogP contribution in [0.3, 0.4) is 0 Å². The lowest BCUT2D eigenvalue weighted by atomic mass is 10.0. The van der Waals surface area contributed by atoms with Gasteiger partial charge in [0.1, 0.15) is 6.61 Å². The van der Waals surface area contributed by atoms with Gasteiger partial charge < -0.3 is 14.6 Å². The van der Waals surface area contributed by atoms with E-state index in [9.17, 15) is 9.90 Å². The van der Waals surface area contributed by atoms with Crippen LogP contribution in [-0.4, -0.2) is 52.6 Å². The van der Waals surface area contributed by atoms with E-state index in [1.165, 1.54) is 17.9 Å². The van der Waals surface area contributed by atoms with Gasteiger partial charge in [-0.2, -0.15) is 0 Å². The van der Waals surface area contributed by atoms with Crippen molar-refractivity contribution in [2.75, 3.05) is 13.2 Å². The van der Waals surface area contributed by atoms with E-state index in [2.05, 4.69) is 6.58 Å². The van der Waals surface area contributed by atoms with Crippen LogP contribution in [0.2, 0.25) is 0 Å². The summed E-state index contributed by atoms with van der Waals surface area (Å²) in [6.07, 6.45) is 0.207. The Morgan fingerprint density at radius 1 is 1.57 bits per heavy atom. The fourth-order valence-electron chi connectivity index (χ4n) is 2.49. The minimum absolute atomic E-state index is 0.129. The third-order valence-electron chi connectivity index (χ3n) is 3.59. The van der Waals surface area contributed by atoms with Crippen LogP contribution in [0.15, 0.2) is 43.0 Å². The molecule has 0 aromatic heterocycles. The van der Waals surface area contributed by atoms with Gasteiger partial charge in [-0.05, 0) is 31.1 Å². The SMILES string of the molecule is C=CCO[C@H](C(=O)N1C(=S)OC[C@H]1Cc1ccccc1)[C@H](C)O. The van der Waals surface area contributed by atoms with E-state index < -0.39 is 12.2 Å². The summed E-state index contributed by atoms with van der Waals surface area (Å²) in [6.45, 7) is 5.58. The molecule has 1 saturated heterocycles. The number of ether oxygens (including phenoxy) is 2. The zero-order chi connectivity index (χ0) is 16.8. The molecule has 1 heterocycles. The molecule has 0 radical (unpaired) electrons. The maximum Gasteiger partial charge on any atom is 0.266 e. The molecule has 0 bridgehead atoms. The van der Waals surface area contributed by atoms with Crippen LogP contribution in [0.25, 0.3) is 0 Å². The molecule has 6 heteroatoms. The molecule has 0 unspecified atom stereocenters. The number of hydrogen-bond acceptors (Lipinski definition) is 5. The average Bonchev–Trinajstić information content (AvgIpc) is 2.88. The number of aliphatic hydroxyl groups is 1. The molecule has 5 nitrogen and oxygen atoms in total. The third-order valence-corrected chi connectivity index (χ3v) is 3.90. The first kappa shape index (κ1) is 17.6. The van der Waals surface area contributed by atoms with Gasteiger partial charge in [-0.25, -0.2) is 0 Å². The summed E-state index contributed by atoms with van der Waals surface area (Å²) in [7, 11) is 0. The molecule has 1 amide bonds. The van der Waals surface area contributed by atoms with E-state index in [1.807, 2.05) is 30.3 Å². The Hall–Kier alpha value is -1.76. The molecule has 1 aliphatic heterocycles. The van der Waals surface area contributed by atoms with E-state index in [1.54, 1.807) is 0 Å². The number of benzene rings is 1. The number of rotatable bonds is 7. The predicted octanol–water partition coefficient (Wildman–Crippen LogP) is 1.69. The lowest BCUT2D eigenvalue weighted by molar-refractivity contribution is -0.146. The Kier molecular flexibility index (Phi) is 6.27. The monoisotopic (exact) mass is 335 g/mol. The molecule has 1 N–H and O–H groups in total. The first-order valence-electron chi connectivity index (χ1n) is 7.49. The summed E-state index contributed by atoms with van der Waals surface area (Å²) in [5, 5.41) is 9.97. The van der Waals surface area contributed by atoms with Gasteiger partial charge in [-0.3, -0.25) is 9.69 Å². The minimum atomic E-state index is -0.995. The first-order chi connectivity index (χ1) is 11.0. The fourth-order valence-corrected chi connectivity index (χ4v) is 2.80. The molecule has 0 spiro atoms. The molecule has 2 rings (SSSR count). The van der Waals surface area contributed by atoms with Crippen molar-refractivity contribution in [2.45, 2.75) is 31.6 Å². The number of carbonyl (C=O) groups is 1. The van der Waals surface area contributed by atoms with Crippen molar-refractivity contribution in [1.82, 2.24) is 4.90 Å². The quantitative estimate of drug-likeness (QED) is 0.607. The van der Waals surface area contributed by atoms with Gasteiger partial charge in [0.15, 0.2) is 6.10 Å². The maximum atomic E-state index is 12.7. The van der Waals surface area contributed by atoms with Crippen LogP contribution >= 0.6 is 12.2 Å². The van der Waals surface area contributed by atoms with Crippen molar-refractivity contribution in [1.29, 1.82) is 0 Å². The van der Waals surface area contributed by atoms with Crippen molar-refractivity contribution >= 4 is 23.3 Å². The second-order valence-electron chi connectivity index (χ2n) is 5.41. The highest BCUT2D eigenvalue weighted by molar-refractivity contribution is 7.80. The van der Waals surface area contributed by atoms with Gasteiger partial charge in [0, 0.05) is 0 Å². The summed E-state index contributed by atoms with van der Waals surface area (Å²) >= 11 is 5.15. The first-order valence-corrected chi connectivity index (χ1v) is 7.89. The molecule has 1 aromatic rings. The lowest BCUT2D eigenvalue weighted by Gasteiger charge is -2.27. The second-order valence-corrected chi connectivity index (χ2v) is 5.76. The van der Waals surface area contributed by atoms with Crippen LogP contribution in [0.1, 0.15) is 12.5 Å². The standard InChI is InChI=1S/C17H21NO4S/c1-3-9-21-15(12(2)19)16(20)18-14(11-22-17(18)23)10-13-7-5-4-6-8-13/h3-8,12,14-15,19H,1,9-11H2,2H3/t12-,14+,15-/m0/s1. The Bertz CT molecular complexity index is 561. The molecule has 1 fully saturated rings. The zero-order valence-corrected chi connectivity index (χ0v) is 13.9. The van der Waals surface area contributed by atoms with Gasteiger partial charge in [-0.15, -0.1) is 6.58 Å². The Labute approximate surface area is 141 Å². The van der Waals surface area contributed by atoms with Crippen molar-refractivity contribution < 1.29 is 19.4 Å². The topological polar surface area (TPSA) is 59.0 Å². The second kappa shape index (κ2) is 8.19. The minimum Gasteiger partial charge on any atom is -0.468 e. The van der Waals surface area contributed by atoms with Gasteiger partial charge in [-0.1, -0.05) is 36.4 Å². The number of amides is 1. The Morgan fingerprint density at radius 2 is 2.26 bits per heavy atom. The van der Waals surface area contributed by atoms with Crippen molar-refractivity contribution in [3.63, 3.8) is 0 Å². The third kappa shape index (κ3) is 4.37. The van der Waals surface area contributed by atoms with Crippen LogP contribution in [0.5, 0.6) is 0 Å². The summed E-state index contributed by atoms with van der Waals surface area (Å²) in [5.74, 6) is -0.384. The normalized spacial score (nSPS) is 20.0. The molecule has 1 aliphatic rings. The van der Waals surface area contributed by atoms with Gasteiger partial charge in [0.05, 0.1) is 18.8 Å². The number of thiocarbonyl (C=S) groups is 1. The summed E-state index contributed by atoms with van der Waals surface area (Å²) in [6, 6.07) is 9.61. The van der Waals surface area contributed by atoms with Crippen LogP contribution < -0.4 is 0 Å². The van der Waals surface area contributed by atoms with Gasteiger partial charge >= 0.3 is 0 Å². The molecule has 0 saturated carbocycles. The molecular formula is C17H21NO4S. The summed E-state index contributed by atoms with van der Waals surface area (Å²) in [4.78, 5) is 14.2. The number of aliphatic hydroxyl groups excluding tert-OH is 1. The van der Waals surface area contributed by atoms with Crippen molar-refractivity contribution in [2.24, 2.45) is 0 Å². The van der Waals surface area contributed by atoms with Gasteiger partial charge in [0.25, 0.3) is 11.1 Å². The molecule has 124 valence electrons. The average molecular weight is 335 g/mol. The van der Waals surface area contributed by atoms with Gasteiger partial charge in [0.2, 0.25) is 0 Å². The largest absolute Gasteiger partial charge is 0.468 e. The highest BCUT2D eigenvalue weighted by Gasteiger charge is 2.40. The number of carbonyl (C=O) groups excluding carboxylic acids is 1. The van der Waals surface area contributed by atoms with Crippen LogP contribution in [0.4, 0.5) is 0 Å². The lowest BCUT2D eigenvalue weighted by Crippen LogP contribution is -2.49. The maximum absolute atomic E-state index is 12.7. The van der Waals surface area contributed by atoms with E-state index in [-0.39, 0.29) is 23.7 Å². The van der Waals surface area contributed by atoms with E-state index in [4.69, 9.17) is 21.7 Å². The van der Waals surface area contributed by atoms with E-state index >= 15 is 0 Å². The van der Waals surface area contributed by atoms with Crippen LogP contribution in [-0.2, 0) is 20.7 Å². The number of nitrogens with zero attached hydrogens (tertiary/aromatic N) is 1. The van der Waals surface area contributed by atoms with Crippen molar-refractivity contribution in [3.8, 4) is 0 Å². The fraction of sp³-hybridized carbons (Fsp3) is 0.412. The molecular weight excluding hydrogens is 314 g/mol. The molecule has 3 atom stereocenters. The van der Waals surface area contributed by atoms with E-state index in [0.29, 0.717) is 13.0 Å². The summed E-state index contributed by atoms with van der Waals surface area (Å²) < 4.78 is 10.8. The Morgan fingerprint density at radius 3 is 2.87 bits per heavy atom.